The fraction of sp³-hybridized carbons (Fsp3) is 0.200. The lowest BCUT2D eigenvalue weighted by molar-refractivity contribution is 0.0402. The molecule has 0 bridgehead atoms. The number of benzene rings is 3. The van der Waals surface area contributed by atoms with Gasteiger partial charge in [-0.15, -0.1) is 0 Å². The quantitative estimate of drug-likeness (QED) is 0.487. The molecule has 164 valence electrons. The number of halogens is 2. The molecule has 4 rings (SSSR count). The van der Waals surface area contributed by atoms with Crippen molar-refractivity contribution in [2.24, 2.45) is 5.16 Å². The van der Waals surface area contributed by atoms with E-state index in [0.717, 1.165) is 22.6 Å². The van der Waals surface area contributed by atoms with Crippen LogP contribution in [-0.2, 0) is 11.4 Å². The summed E-state index contributed by atoms with van der Waals surface area (Å²) < 4.78 is 19.5. The van der Waals surface area contributed by atoms with Crippen LogP contribution < -0.4 is 4.74 Å². The van der Waals surface area contributed by atoms with Crippen LogP contribution in [0.4, 0.5) is 4.39 Å². The monoisotopic (exact) mass is 452 g/mol. The van der Waals surface area contributed by atoms with Crippen molar-refractivity contribution in [3.05, 3.63) is 100 Å². The van der Waals surface area contributed by atoms with Gasteiger partial charge in [-0.05, 0) is 53.6 Å². The van der Waals surface area contributed by atoms with Crippen molar-refractivity contribution in [3.63, 3.8) is 0 Å². The minimum atomic E-state index is -0.566. The largest absolute Gasteiger partial charge is 0.497 e. The number of rotatable bonds is 7. The van der Waals surface area contributed by atoms with Crippen molar-refractivity contribution in [1.29, 1.82) is 0 Å². The van der Waals surface area contributed by atoms with E-state index >= 15 is 0 Å². The highest BCUT2D eigenvalue weighted by atomic mass is 35.5. The molecule has 0 saturated heterocycles. The molecule has 32 heavy (non-hydrogen) atoms. The first kappa shape index (κ1) is 21.8. The van der Waals surface area contributed by atoms with E-state index in [1.165, 1.54) is 12.1 Å². The average molecular weight is 453 g/mol. The Hall–Kier alpha value is -3.38. The summed E-state index contributed by atoms with van der Waals surface area (Å²) in [6.07, 6.45) is 0.168. The lowest BCUT2D eigenvalue weighted by Crippen LogP contribution is -2.37. The van der Waals surface area contributed by atoms with Crippen LogP contribution in [0.2, 0.25) is 5.02 Å². The molecule has 0 fully saturated rings. The molecule has 5 nitrogen and oxygen atoms in total. The Morgan fingerprint density at radius 2 is 1.84 bits per heavy atom. The van der Waals surface area contributed by atoms with E-state index in [4.69, 9.17) is 21.2 Å². The number of hydrogen-bond donors (Lipinski definition) is 0. The number of nitrogens with zero attached hydrogens (tertiary/aromatic N) is 2. The second-order valence-corrected chi connectivity index (χ2v) is 7.86. The predicted molar refractivity (Wildman–Crippen MR) is 122 cm³/mol. The molecule has 0 aromatic heterocycles. The number of amides is 1. The third-order valence-electron chi connectivity index (χ3n) is 5.29. The molecule has 1 atom stereocenters. The molecule has 3 aromatic rings. The summed E-state index contributed by atoms with van der Waals surface area (Å²) in [5.74, 6) is -0.236. The fourth-order valence-corrected chi connectivity index (χ4v) is 3.78. The maximum atomic E-state index is 14.3. The lowest BCUT2D eigenvalue weighted by atomic mass is 10.0. The molecule has 0 N–H and O–H groups in total. The van der Waals surface area contributed by atoms with E-state index in [9.17, 15) is 9.18 Å². The van der Waals surface area contributed by atoms with Gasteiger partial charge in [0.1, 0.15) is 11.6 Å². The summed E-state index contributed by atoms with van der Waals surface area (Å²) in [6.45, 7) is 0.464. The van der Waals surface area contributed by atoms with E-state index in [2.05, 4.69) is 5.16 Å². The Kier molecular flexibility index (Phi) is 6.71. The second kappa shape index (κ2) is 9.83. The summed E-state index contributed by atoms with van der Waals surface area (Å²) in [7, 11) is 1.61. The van der Waals surface area contributed by atoms with Crippen LogP contribution in [0, 0.1) is 5.82 Å². The van der Waals surface area contributed by atoms with Gasteiger partial charge < -0.3 is 14.5 Å². The Balaban J connectivity index is 1.52. The molecule has 1 unspecified atom stereocenters. The first-order valence-corrected chi connectivity index (χ1v) is 10.6. The highest BCUT2D eigenvalue weighted by molar-refractivity contribution is 6.31. The molecule has 0 aliphatic carbocycles. The highest BCUT2D eigenvalue weighted by Gasteiger charge is 2.28. The van der Waals surface area contributed by atoms with Gasteiger partial charge in [0.25, 0.3) is 5.91 Å². The number of carbonyl (C=O) groups excluding carboxylic acids is 1. The minimum Gasteiger partial charge on any atom is -0.497 e. The van der Waals surface area contributed by atoms with Crippen LogP contribution in [-0.4, -0.2) is 36.3 Å². The molecule has 0 radical (unpaired) electrons. The SMILES string of the molecule is COc1ccc(C2=NOC(CN(Cc3ccccc3Cl)C(=O)c3ccccc3F)C2)cc1. The summed E-state index contributed by atoms with van der Waals surface area (Å²) in [5.41, 5.74) is 2.49. The lowest BCUT2D eigenvalue weighted by Gasteiger charge is -2.25. The Labute approximate surface area is 191 Å². The third-order valence-corrected chi connectivity index (χ3v) is 5.66. The van der Waals surface area contributed by atoms with E-state index < -0.39 is 11.7 Å². The Bertz CT molecular complexity index is 1130. The Morgan fingerprint density at radius 3 is 2.56 bits per heavy atom. The predicted octanol–water partition coefficient (Wildman–Crippen LogP) is 5.32. The molecule has 0 spiro atoms. The molecular weight excluding hydrogens is 431 g/mol. The van der Waals surface area contributed by atoms with Crippen molar-refractivity contribution in [2.45, 2.75) is 19.1 Å². The van der Waals surface area contributed by atoms with Crippen LogP contribution >= 0.6 is 11.6 Å². The van der Waals surface area contributed by atoms with Crippen molar-refractivity contribution in [1.82, 2.24) is 4.90 Å². The van der Waals surface area contributed by atoms with Crippen molar-refractivity contribution in [2.75, 3.05) is 13.7 Å². The molecule has 1 heterocycles. The molecule has 1 aliphatic rings. The zero-order chi connectivity index (χ0) is 22.5. The van der Waals surface area contributed by atoms with Gasteiger partial charge in [0.2, 0.25) is 0 Å². The summed E-state index contributed by atoms with van der Waals surface area (Å²) in [6, 6.07) is 20.8. The maximum Gasteiger partial charge on any atom is 0.257 e. The zero-order valence-electron chi connectivity index (χ0n) is 17.5. The topological polar surface area (TPSA) is 51.1 Å². The van der Waals surface area contributed by atoms with Crippen LogP contribution in [0.25, 0.3) is 0 Å². The van der Waals surface area contributed by atoms with Crippen LogP contribution in [0.5, 0.6) is 5.75 Å². The smallest absolute Gasteiger partial charge is 0.257 e. The molecule has 1 aliphatic heterocycles. The van der Waals surface area contributed by atoms with Crippen molar-refractivity contribution >= 4 is 23.2 Å². The third kappa shape index (κ3) is 4.92. The van der Waals surface area contributed by atoms with Gasteiger partial charge in [0, 0.05) is 18.0 Å². The normalized spacial score (nSPS) is 15.1. The molecule has 7 heteroatoms. The molecule has 3 aromatic carbocycles. The average Bonchev–Trinajstić information content (AvgIpc) is 3.28. The van der Waals surface area contributed by atoms with Gasteiger partial charge in [0.05, 0.1) is 24.9 Å². The van der Waals surface area contributed by atoms with Gasteiger partial charge in [-0.3, -0.25) is 4.79 Å². The zero-order valence-corrected chi connectivity index (χ0v) is 18.3. The summed E-state index contributed by atoms with van der Waals surface area (Å²) in [5, 5.41) is 4.75. The van der Waals surface area contributed by atoms with Gasteiger partial charge in [0.15, 0.2) is 6.10 Å². The van der Waals surface area contributed by atoms with E-state index in [0.29, 0.717) is 11.4 Å². The Morgan fingerprint density at radius 1 is 1.12 bits per heavy atom. The van der Waals surface area contributed by atoms with Crippen LogP contribution in [0.15, 0.2) is 78.0 Å². The fourth-order valence-electron chi connectivity index (χ4n) is 3.58. The minimum absolute atomic E-state index is 0.00819. The number of carbonyl (C=O) groups is 1. The summed E-state index contributed by atoms with van der Waals surface area (Å²) in [4.78, 5) is 20.4. The number of oxime groups is 1. The molecular formula is C25H22ClFN2O3. The number of ether oxygens (including phenoxy) is 1. The molecule has 1 amide bonds. The number of hydrogen-bond acceptors (Lipinski definition) is 4. The highest BCUT2D eigenvalue weighted by Crippen LogP contribution is 2.23. The molecule has 0 saturated carbocycles. The van der Waals surface area contributed by atoms with E-state index in [1.54, 1.807) is 30.2 Å². The standard InChI is InChI=1S/C25H22ClFN2O3/c1-31-19-12-10-17(11-13-19)24-14-20(32-28-24)16-29(15-18-6-2-4-8-22(18)26)25(30)21-7-3-5-9-23(21)27/h2-13,20H,14-16H2,1H3. The number of methoxy groups -OCH3 is 1. The van der Waals surface area contributed by atoms with Crippen molar-refractivity contribution < 1.29 is 18.8 Å². The van der Waals surface area contributed by atoms with Gasteiger partial charge in [-0.2, -0.15) is 0 Å². The van der Waals surface area contributed by atoms with E-state index in [-0.39, 0.29) is 24.8 Å². The van der Waals surface area contributed by atoms with Gasteiger partial charge in [-0.1, -0.05) is 47.1 Å². The first-order chi connectivity index (χ1) is 15.5. The van der Waals surface area contributed by atoms with Crippen molar-refractivity contribution in [3.8, 4) is 5.75 Å². The van der Waals surface area contributed by atoms with E-state index in [1.807, 2.05) is 42.5 Å². The van der Waals surface area contributed by atoms with Gasteiger partial charge >= 0.3 is 0 Å². The second-order valence-electron chi connectivity index (χ2n) is 7.45. The summed E-state index contributed by atoms with van der Waals surface area (Å²) >= 11 is 6.32. The first-order valence-electron chi connectivity index (χ1n) is 10.2. The van der Waals surface area contributed by atoms with Crippen LogP contribution in [0.3, 0.4) is 0 Å². The van der Waals surface area contributed by atoms with Crippen LogP contribution in [0.1, 0.15) is 27.9 Å². The van der Waals surface area contributed by atoms with Gasteiger partial charge in [-0.25, -0.2) is 4.39 Å². The maximum absolute atomic E-state index is 14.3.